The van der Waals surface area contributed by atoms with Gasteiger partial charge in [-0.3, -0.25) is 4.79 Å². The highest BCUT2D eigenvalue weighted by Crippen LogP contribution is 2.29. The Bertz CT molecular complexity index is 932. The molecule has 9 heteroatoms. The van der Waals surface area contributed by atoms with Gasteiger partial charge in [-0.05, 0) is 35.9 Å². The Morgan fingerprint density at radius 3 is 2.48 bits per heavy atom. The third kappa shape index (κ3) is 5.00. The van der Waals surface area contributed by atoms with E-state index in [4.69, 9.17) is 0 Å². The molecule has 2 N–H and O–H groups in total. The molecule has 2 heterocycles. The van der Waals surface area contributed by atoms with Crippen LogP contribution in [0.25, 0.3) is 0 Å². The summed E-state index contributed by atoms with van der Waals surface area (Å²) in [5, 5.41) is 5.45. The van der Waals surface area contributed by atoms with Crippen LogP contribution in [0.1, 0.15) is 21.5 Å². The van der Waals surface area contributed by atoms with E-state index < -0.39 is 17.6 Å². The number of amides is 1. The van der Waals surface area contributed by atoms with Crippen molar-refractivity contribution in [2.75, 3.05) is 5.32 Å². The van der Waals surface area contributed by atoms with E-state index >= 15 is 0 Å². The molecule has 0 aliphatic carbocycles. The minimum Gasteiger partial charge on any atom is -0.348 e. The van der Waals surface area contributed by atoms with E-state index in [1.165, 1.54) is 30.5 Å². The second kappa shape index (κ2) is 7.81. The van der Waals surface area contributed by atoms with Gasteiger partial charge in [0.25, 0.3) is 5.91 Å². The minimum atomic E-state index is -4.43. The van der Waals surface area contributed by atoms with Crippen LogP contribution >= 0.6 is 0 Å². The second-order valence-corrected chi connectivity index (χ2v) is 5.51. The summed E-state index contributed by atoms with van der Waals surface area (Å²) in [7, 11) is 0. The van der Waals surface area contributed by atoms with Gasteiger partial charge in [-0.2, -0.15) is 13.2 Å². The molecule has 0 aliphatic heterocycles. The highest BCUT2D eigenvalue weighted by atomic mass is 19.4. The molecule has 1 amide bonds. The van der Waals surface area contributed by atoms with Crippen LogP contribution in [0.3, 0.4) is 0 Å². The Morgan fingerprint density at radius 1 is 0.963 bits per heavy atom. The van der Waals surface area contributed by atoms with E-state index in [0.717, 1.165) is 12.1 Å². The summed E-state index contributed by atoms with van der Waals surface area (Å²) in [6, 6.07) is 9.47. The molecule has 0 atom stereocenters. The lowest BCUT2D eigenvalue weighted by molar-refractivity contribution is -0.137. The Labute approximate surface area is 152 Å². The summed E-state index contributed by atoms with van der Waals surface area (Å²) in [6.07, 6.45) is 0.123. The molecule has 0 saturated heterocycles. The molecule has 1 aromatic carbocycles. The zero-order chi connectivity index (χ0) is 19.3. The number of carbonyl (C=O) groups is 1. The van der Waals surface area contributed by atoms with Crippen LogP contribution in [0, 0.1) is 0 Å². The van der Waals surface area contributed by atoms with Crippen LogP contribution in [-0.2, 0) is 12.7 Å². The molecule has 2 aromatic heterocycles. The van der Waals surface area contributed by atoms with Crippen LogP contribution in [-0.4, -0.2) is 20.9 Å². The zero-order valence-electron chi connectivity index (χ0n) is 13.9. The number of pyridine rings is 1. The van der Waals surface area contributed by atoms with Crippen molar-refractivity contribution in [3.63, 3.8) is 0 Å². The Kier molecular flexibility index (Phi) is 5.30. The second-order valence-electron chi connectivity index (χ2n) is 5.51. The van der Waals surface area contributed by atoms with E-state index in [2.05, 4.69) is 25.6 Å². The molecule has 0 radical (unpaired) electrons. The van der Waals surface area contributed by atoms with Crippen molar-refractivity contribution < 1.29 is 18.0 Å². The molecular formula is C18H14F3N5O. The third-order valence-electron chi connectivity index (χ3n) is 3.54. The number of halogens is 3. The minimum absolute atomic E-state index is 0.0321. The van der Waals surface area contributed by atoms with Crippen LogP contribution in [0.15, 0.2) is 61.1 Å². The van der Waals surface area contributed by atoms with Gasteiger partial charge in [0.05, 0.1) is 5.56 Å². The van der Waals surface area contributed by atoms with Gasteiger partial charge in [-0.1, -0.05) is 12.1 Å². The maximum absolute atomic E-state index is 12.7. The van der Waals surface area contributed by atoms with Gasteiger partial charge in [-0.25, -0.2) is 15.0 Å². The summed E-state index contributed by atoms with van der Waals surface area (Å²) in [5.41, 5.74) is -0.105. The van der Waals surface area contributed by atoms with Gasteiger partial charge >= 0.3 is 6.18 Å². The number of carbonyl (C=O) groups excluding carboxylic acids is 1. The van der Waals surface area contributed by atoms with E-state index in [-0.39, 0.29) is 6.54 Å². The highest BCUT2D eigenvalue weighted by molar-refractivity contribution is 5.94. The fourth-order valence-corrected chi connectivity index (χ4v) is 2.26. The standard InChI is InChI=1S/C18H14F3N5O/c19-18(20,21)14-4-1-3-12(9-14)11-25-16(27)13-5-8-22-15(10-13)26-17-23-6-2-7-24-17/h1-10H,11H2,(H,25,27)(H,22,23,24,26). The summed E-state index contributed by atoms with van der Waals surface area (Å²) in [5.74, 6) is 0.256. The van der Waals surface area contributed by atoms with Crippen LogP contribution in [0.4, 0.5) is 24.9 Å². The average Bonchev–Trinajstić information content (AvgIpc) is 2.67. The van der Waals surface area contributed by atoms with Gasteiger partial charge in [-0.15, -0.1) is 0 Å². The molecule has 0 spiro atoms. The first-order valence-electron chi connectivity index (χ1n) is 7.86. The normalized spacial score (nSPS) is 11.1. The Balaban J connectivity index is 1.66. The molecule has 0 fully saturated rings. The lowest BCUT2D eigenvalue weighted by atomic mass is 10.1. The number of aromatic nitrogens is 3. The third-order valence-corrected chi connectivity index (χ3v) is 3.54. The maximum Gasteiger partial charge on any atom is 0.416 e. The molecule has 0 unspecified atom stereocenters. The van der Waals surface area contributed by atoms with Gasteiger partial charge < -0.3 is 10.6 Å². The molecular weight excluding hydrogens is 359 g/mol. The average molecular weight is 373 g/mol. The molecule has 3 rings (SSSR count). The summed E-state index contributed by atoms with van der Waals surface area (Å²) in [6.45, 7) is -0.0321. The molecule has 0 bridgehead atoms. The highest BCUT2D eigenvalue weighted by Gasteiger charge is 2.30. The first-order valence-corrected chi connectivity index (χ1v) is 7.86. The molecule has 138 valence electrons. The van der Waals surface area contributed by atoms with Gasteiger partial charge in [0.2, 0.25) is 5.95 Å². The van der Waals surface area contributed by atoms with Gasteiger partial charge in [0.1, 0.15) is 5.82 Å². The smallest absolute Gasteiger partial charge is 0.348 e. The fraction of sp³-hybridized carbons (Fsp3) is 0.111. The van der Waals surface area contributed by atoms with E-state index in [1.54, 1.807) is 18.5 Å². The lowest BCUT2D eigenvalue weighted by Crippen LogP contribution is -2.23. The van der Waals surface area contributed by atoms with Crippen molar-refractivity contribution in [2.45, 2.75) is 12.7 Å². The molecule has 6 nitrogen and oxygen atoms in total. The van der Waals surface area contributed by atoms with Crippen LogP contribution in [0.5, 0.6) is 0 Å². The monoisotopic (exact) mass is 373 g/mol. The van der Waals surface area contributed by atoms with Crippen molar-refractivity contribution in [3.05, 3.63) is 77.7 Å². The fourth-order valence-electron chi connectivity index (χ4n) is 2.26. The predicted octanol–water partition coefficient (Wildman–Crippen LogP) is 3.56. The zero-order valence-corrected chi connectivity index (χ0v) is 13.9. The van der Waals surface area contributed by atoms with Crippen molar-refractivity contribution in [1.29, 1.82) is 0 Å². The van der Waals surface area contributed by atoms with Crippen molar-refractivity contribution in [2.24, 2.45) is 0 Å². The maximum atomic E-state index is 12.7. The molecule has 0 aliphatic rings. The molecule has 0 saturated carbocycles. The number of hydrogen-bond donors (Lipinski definition) is 2. The number of alkyl halides is 3. The topological polar surface area (TPSA) is 79.8 Å². The van der Waals surface area contributed by atoms with Crippen LogP contribution in [0.2, 0.25) is 0 Å². The number of hydrogen-bond acceptors (Lipinski definition) is 5. The van der Waals surface area contributed by atoms with Crippen molar-refractivity contribution in [1.82, 2.24) is 20.3 Å². The number of nitrogens with one attached hydrogen (secondary N) is 2. The Morgan fingerprint density at radius 2 is 1.74 bits per heavy atom. The quantitative estimate of drug-likeness (QED) is 0.715. The summed E-state index contributed by atoms with van der Waals surface area (Å²) in [4.78, 5) is 24.4. The van der Waals surface area contributed by atoms with E-state index in [1.807, 2.05) is 0 Å². The van der Waals surface area contributed by atoms with Crippen molar-refractivity contribution >= 4 is 17.7 Å². The first kappa shape index (κ1) is 18.3. The van der Waals surface area contributed by atoms with E-state index in [9.17, 15) is 18.0 Å². The predicted molar refractivity (Wildman–Crippen MR) is 92.2 cm³/mol. The van der Waals surface area contributed by atoms with E-state index in [0.29, 0.717) is 22.9 Å². The lowest BCUT2D eigenvalue weighted by Gasteiger charge is -2.10. The van der Waals surface area contributed by atoms with Crippen molar-refractivity contribution in [3.8, 4) is 0 Å². The SMILES string of the molecule is O=C(NCc1cccc(C(F)(F)F)c1)c1ccnc(Nc2ncccn2)c1. The number of anilines is 2. The van der Waals surface area contributed by atoms with Gasteiger partial charge in [0.15, 0.2) is 0 Å². The summed E-state index contributed by atoms with van der Waals surface area (Å²) >= 11 is 0. The molecule has 3 aromatic rings. The number of rotatable bonds is 5. The number of benzene rings is 1. The van der Waals surface area contributed by atoms with Gasteiger partial charge in [0, 0.05) is 30.7 Å². The first-order chi connectivity index (χ1) is 12.9. The van der Waals surface area contributed by atoms with Crippen LogP contribution < -0.4 is 10.6 Å². The summed E-state index contributed by atoms with van der Waals surface area (Å²) < 4.78 is 38.2. The molecule has 27 heavy (non-hydrogen) atoms. The number of nitrogens with zero attached hydrogens (tertiary/aromatic N) is 3. The Hall–Kier alpha value is -3.49. The largest absolute Gasteiger partial charge is 0.416 e.